The van der Waals surface area contributed by atoms with Crippen LogP contribution >= 0.6 is 12.4 Å². The number of likely N-dealkylation sites (N-methyl/N-ethyl adjacent to an activating group) is 1. The second-order valence-electron chi connectivity index (χ2n) is 5.73. The van der Waals surface area contributed by atoms with Crippen molar-refractivity contribution in [3.63, 3.8) is 0 Å². The number of fused-ring (bicyclic) bond motifs is 1. The molecule has 25 heavy (non-hydrogen) atoms. The van der Waals surface area contributed by atoms with Crippen molar-refractivity contribution >= 4 is 29.2 Å². The van der Waals surface area contributed by atoms with Crippen LogP contribution in [0.25, 0.3) is 10.9 Å². The topological polar surface area (TPSA) is 73.4 Å². The van der Waals surface area contributed by atoms with Gasteiger partial charge in [-0.2, -0.15) is 0 Å². The van der Waals surface area contributed by atoms with Crippen LogP contribution in [-0.2, 0) is 17.9 Å². The molecule has 0 aliphatic rings. The van der Waals surface area contributed by atoms with Crippen molar-refractivity contribution in [2.75, 3.05) is 14.1 Å². The first kappa shape index (κ1) is 18.8. The summed E-state index contributed by atoms with van der Waals surface area (Å²) >= 11 is 0. The molecule has 2 heterocycles. The maximum absolute atomic E-state index is 12.0. The number of hydrogen-bond donors (Lipinski definition) is 1. The Balaban J connectivity index is 0.00000225. The summed E-state index contributed by atoms with van der Waals surface area (Å²) in [6.07, 6.45) is 3.57. The van der Waals surface area contributed by atoms with E-state index < -0.39 is 0 Å². The largest absolute Gasteiger partial charge is 0.438 e. The summed E-state index contributed by atoms with van der Waals surface area (Å²) in [5.74, 6) is 1.24. The summed E-state index contributed by atoms with van der Waals surface area (Å²) in [5, 5.41) is 0.934. The molecule has 1 amide bonds. The molecule has 0 aliphatic heterocycles. The lowest BCUT2D eigenvalue weighted by Gasteiger charge is -2.12. The first-order valence-corrected chi connectivity index (χ1v) is 7.69. The van der Waals surface area contributed by atoms with E-state index >= 15 is 0 Å². The molecule has 0 saturated heterocycles. The lowest BCUT2D eigenvalue weighted by atomic mass is 10.2. The molecule has 0 spiro atoms. The van der Waals surface area contributed by atoms with Gasteiger partial charge in [-0.15, -0.1) is 12.4 Å². The third-order valence-electron chi connectivity index (χ3n) is 3.83. The van der Waals surface area contributed by atoms with Crippen LogP contribution in [0.4, 0.5) is 0 Å². The number of carbonyl (C=O) groups excluding carboxylic acids is 1. The fourth-order valence-electron chi connectivity index (χ4n) is 2.46. The first-order chi connectivity index (χ1) is 11.6. The Morgan fingerprint density at radius 3 is 2.80 bits per heavy atom. The highest BCUT2D eigenvalue weighted by molar-refractivity contribution is 5.88. The summed E-state index contributed by atoms with van der Waals surface area (Å²) in [6.45, 7) is 0.729. The molecule has 3 rings (SSSR count). The van der Waals surface area contributed by atoms with E-state index in [9.17, 15) is 4.79 Å². The van der Waals surface area contributed by atoms with Gasteiger partial charge in [-0.25, -0.2) is 4.98 Å². The van der Waals surface area contributed by atoms with Crippen molar-refractivity contribution in [1.29, 1.82) is 0 Å². The minimum atomic E-state index is 0. The van der Waals surface area contributed by atoms with E-state index in [4.69, 9.17) is 10.5 Å². The second-order valence-corrected chi connectivity index (χ2v) is 5.73. The van der Waals surface area contributed by atoms with E-state index in [1.807, 2.05) is 47.2 Å². The quantitative estimate of drug-likeness (QED) is 0.759. The van der Waals surface area contributed by atoms with E-state index in [0.717, 1.165) is 16.5 Å². The predicted octanol–water partition coefficient (Wildman–Crippen LogP) is 2.80. The summed E-state index contributed by atoms with van der Waals surface area (Å²) in [4.78, 5) is 17.8. The van der Waals surface area contributed by atoms with Crippen LogP contribution in [0.2, 0.25) is 0 Å². The van der Waals surface area contributed by atoms with Crippen molar-refractivity contribution in [2.24, 2.45) is 5.73 Å². The Morgan fingerprint density at radius 2 is 2.08 bits per heavy atom. The van der Waals surface area contributed by atoms with Gasteiger partial charge in [-0.3, -0.25) is 4.79 Å². The lowest BCUT2D eigenvalue weighted by molar-refractivity contribution is -0.129. The maximum Gasteiger partial charge on any atom is 0.241 e. The highest BCUT2D eigenvalue weighted by Crippen LogP contribution is 2.30. The summed E-state index contributed by atoms with van der Waals surface area (Å²) < 4.78 is 7.84. The number of nitrogens with zero attached hydrogens (tertiary/aromatic N) is 3. The number of ether oxygens (including phenoxy) is 1. The minimum absolute atomic E-state index is 0. The Bertz CT molecular complexity index is 876. The van der Waals surface area contributed by atoms with Gasteiger partial charge in [-0.05, 0) is 29.8 Å². The van der Waals surface area contributed by atoms with Crippen molar-refractivity contribution in [3.05, 3.63) is 54.4 Å². The fourth-order valence-corrected chi connectivity index (χ4v) is 2.46. The SMILES string of the molecule is CN(C)C(=O)Cn1ccc2c(Oc3cc(CN)ccn3)cccc21.Cl. The van der Waals surface area contributed by atoms with Gasteiger partial charge in [0.2, 0.25) is 11.8 Å². The zero-order valence-corrected chi connectivity index (χ0v) is 15.0. The minimum Gasteiger partial charge on any atom is -0.438 e. The van der Waals surface area contributed by atoms with Gasteiger partial charge in [-0.1, -0.05) is 6.07 Å². The molecule has 6 nitrogen and oxygen atoms in total. The number of halogens is 1. The highest BCUT2D eigenvalue weighted by Gasteiger charge is 2.11. The summed E-state index contributed by atoms with van der Waals surface area (Å²) in [6, 6.07) is 11.4. The first-order valence-electron chi connectivity index (χ1n) is 7.69. The summed E-state index contributed by atoms with van der Waals surface area (Å²) in [7, 11) is 3.50. The molecule has 132 valence electrons. The van der Waals surface area contributed by atoms with Crippen molar-refractivity contribution < 1.29 is 9.53 Å². The van der Waals surface area contributed by atoms with Crippen LogP contribution in [-0.4, -0.2) is 34.5 Å². The molecule has 3 aromatic rings. The Labute approximate surface area is 152 Å². The van der Waals surface area contributed by atoms with Crippen LogP contribution in [0.15, 0.2) is 48.8 Å². The molecule has 0 fully saturated rings. The zero-order valence-electron chi connectivity index (χ0n) is 14.2. The van der Waals surface area contributed by atoms with E-state index in [1.54, 1.807) is 25.2 Å². The van der Waals surface area contributed by atoms with E-state index in [0.29, 0.717) is 24.7 Å². The molecule has 0 saturated carbocycles. The standard InChI is InChI=1S/C18H20N4O2.ClH/c1-21(2)18(23)12-22-9-7-14-15(22)4-3-5-16(14)24-17-10-13(11-19)6-8-20-17;/h3-10H,11-12,19H2,1-2H3;1H. The average Bonchev–Trinajstić information content (AvgIpc) is 2.99. The summed E-state index contributed by atoms with van der Waals surface area (Å²) in [5.41, 5.74) is 7.56. The molecule has 1 aromatic carbocycles. The van der Waals surface area contributed by atoms with Crippen LogP contribution in [0.3, 0.4) is 0 Å². The predicted molar refractivity (Wildman–Crippen MR) is 100 cm³/mol. The molecule has 0 atom stereocenters. The molecule has 0 bridgehead atoms. The smallest absolute Gasteiger partial charge is 0.241 e. The molecular weight excluding hydrogens is 340 g/mol. The van der Waals surface area contributed by atoms with Crippen LogP contribution in [0, 0.1) is 0 Å². The molecular formula is C18H21ClN4O2. The molecule has 0 radical (unpaired) electrons. The fraction of sp³-hybridized carbons (Fsp3) is 0.222. The van der Waals surface area contributed by atoms with E-state index in [-0.39, 0.29) is 18.3 Å². The molecule has 0 unspecified atom stereocenters. The molecule has 7 heteroatoms. The van der Waals surface area contributed by atoms with Gasteiger partial charge in [0, 0.05) is 44.5 Å². The normalized spacial score (nSPS) is 10.4. The van der Waals surface area contributed by atoms with Crippen molar-refractivity contribution in [1.82, 2.24) is 14.5 Å². The van der Waals surface area contributed by atoms with Crippen molar-refractivity contribution in [3.8, 4) is 11.6 Å². The Morgan fingerprint density at radius 1 is 1.28 bits per heavy atom. The number of aromatic nitrogens is 2. The van der Waals surface area contributed by atoms with Crippen molar-refractivity contribution in [2.45, 2.75) is 13.1 Å². The third-order valence-corrected chi connectivity index (χ3v) is 3.83. The number of rotatable bonds is 5. The van der Waals surface area contributed by atoms with Gasteiger partial charge in [0.1, 0.15) is 12.3 Å². The van der Waals surface area contributed by atoms with E-state index in [1.165, 1.54) is 0 Å². The van der Waals surface area contributed by atoms with Gasteiger partial charge in [0.05, 0.1) is 5.52 Å². The Hall–Kier alpha value is -2.57. The Kier molecular flexibility index (Phi) is 6.01. The van der Waals surface area contributed by atoms with Crippen LogP contribution < -0.4 is 10.5 Å². The monoisotopic (exact) mass is 360 g/mol. The van der Waals surface area contributed by atoms with E-state index in [2.05, 4.69) is 4.98 Å². The number of pyridine rings is 1. The molecule has 2 N–H and O–H groups in total. The maximum atomic E-state index is 12.0. The van der Waals surface area contributed by atoms with Gasteiger partial charge in [0.15, 0.2) is 0 Å². The highest BCUT2D eigenvalue weighted by atomic mass is 35.5. The second kappa shape index (κ2) is 8.00. The van der Waals surface area contributed by atoms with Gasteiger partial charge in [0.25, 0.3) is 0 Å². The number of amides is 1. The number of carbonyl (C=O) groups is 1. The van der Waals surface area contributed by atoms with Crippen LogP contribution in [0.1, 0.15) is 5.56 Å². The number of hydrogen-bond acceptors (Lipinski definition) is 4. The lowest BCUT2D eigenvalue weighted by Crippen LogP contribution is -2.25. The van der Waals surface area contributed by atoms with Gasteiger partial charge < -0.3 is 19.9 Å². The average molecular weight is 361 g/mol. The zero-order chi connectivity index (χ0) is 17.1. The van der Waals surface area contributed by atoms with Gasteiger partial charge >= 0.3 is 0 Å². The van der Waals surface area contributed by atoms with Crippen LogP contribution in [0.5, 0.6) is 11.6 Å². The molecule has 2 aromatic heterocycles. The number of benzene rings is 1. The number of nitrogens with two attached hydrogens (primary N) is 1. The third kappa shape index (κ3) is 4.10. The molecule has 0 aliphatic carbocycles.